The van der Waals surface area contributed by atoms with Gasteiger partial charge in [0.05, 0.1) is 16.8 Å². The number of amides is 1. The van der Waals surface area contributed by atoms with Crippen molar-refractivity contribution in [2.24, 2.45) is 0 Å². The number of aryl methyl sites for hydroxylation is 1. The summed E-state index contributed by atoms with van der Waals surface area (Å²) in [5.74, 6) is -1.14. The molecule has 1 aliphatic heterocycles. The number of pyridine rings is 1. The number of aromatic nitrogens is 1. The molecule has 27 heavy (non-hydrogen) atoms. The van der Waals surface area contributed by atoms with Crippen LogP contribution in [0.3, 0.4) is 0 Å². The Morgan fingerprint density at radius 1 is 1.04 bits per heavy atom. The molecule has 1 fully saturated rings. The van der Waals surface area contributed by atoms with Gasteiger partial charge < -0.3 is 10.2 Å². The van der Waals surface area contributed by atoms with E-state index in [2.05, 4.69) is 15.2 Å². The molecule has 1 amide bonds. The highest BCUT2D eigenvalue weighted by Gasteiger charge is 2.16. The molecule has 0 saturated carbocycles. The molecule has 1 aliphatic rings. The molecule has 1 saturated heterocycles. The summed E-state index contributed by atoms with van der Waals surface area (Å²) in [4.78, 5) is 19.1. The standard InChI is InChI=1S/C21H19F2N3O/c1-13-19(8-14-4-5-15(22)11-20(14)24-13)21(27)25-17-9-16(23)10-18(12-17)26-6-2-3-7-26/h4-5,8-12H,2-3,6-7H2,1H3,(H,25,27). The van der Waals surface area contributed by atoms with Crippen molar-refractivity contribution >= 4 is 28.2 Å². The van der Waals surface area contributed by atoms with Crippen LogP contribution in [0.5, 0.6) is 0 Å². The van der Waals surface area contributed by atoms with Gasteiger partial charge in [-0.3, -0.25) is 9.78 Å². The summed E-state index contributed by atoms with van der Waals surface area (Å²) in [7, 11) is 0. The molecule has 2 aromatic carbocycles. The van der Waals surface area contributed by atoms with Crippen molar-refractivity contribution in [3.63, 3.8) is 0 Å². The van der Waals surface area contributed by atoms with Gasteiger partial charge in [-0.1, -0.05) is 0 Å². The summed E-state index contributed by atoms with van der Waals surface area (Å²) in [6.45, 7) is 3.47. The molecule has 2 heterocycles. The molecule has 0 radical (unpaired) electrons. The zero-order valence-electron chi connectivity index (χ0n) is 14.9. The third-order valence-electron chi connectivity index (χ3n) is 4.83. The van der Waals surface area contributed by atoms with Gasteiger partial charge in [-0.05, 0) is 56.2 Å². The summed E-state index contributed by atoms with van der Waals surface area (Å²) < 4.78 is 27.4. The first kappa shape index (κ1) is 17.4. The second-order valence-corrected chi connectivity index (χ2v) is 6.80. The zero-order chi connectivity index (χ0) is 19.0. The minimum absolute atomic E-state index is 0.371. The molecule has 138 valence electrons. The molecule has 0 aliphatic carbocycles. The van der Waals surface area contributed by atoms with Crippen LogP contribution in [0.2, 0.25) is 0 Å². The first-order chi connectivity index (χ1) is 13.0. The Morgan fingerprint density at radius 3 is 2.59 bits per heavy atom. The van der Waals surface area contributed by atoms with Gasteiger partial charge in [0.25, 0.3) is 5.91 Å². The van der Waals surface area contributed by atoms with Gasteiger partial charge in [-0.2, -0.15) is 0 Å². The minimum atomic E-state index is -0.390. The van der Waals surface area contributed by atoms with Crippen molar-refractivity contribution in [3.05, 3.63) is 65.4 Å². The van der Waals surface area contributed by atoms with Gasteiger partial charge in [0.15, 0.2) is 0 Å². The van der Waals surface area contributed by atoms with Crippen molar-refractivity contribution in [1.29, 1.82) is 0 Å². The van der Waals surface area contributed by atoms with Gasteiger partial charge in [0.1, 0.15) is 11.6 Å². The van der Waals surface area contributed by atoms with Crippen molar-refractivity contribution in [2.45, 2.75) is 19.8 Å². The van der Waals surface area contributed by atoms with Crippen LogP contribution in [0, 0.1) is 18.6 Å². The number of hydrogen-bond donors (Lipinski definition) is 1. The SMILES string of the molecule is Cc1nc2cc(F)ccc2cc1C(=O)Nc1cc(F)cc(N2CCCC2)c1. The van der Waals surface area contributed by atoms with Gasteiger partial charge in [-0.15, -0.1) is 0 Å². The molecular formula is C21H19F2N3O. The Hall–Kier alpha value is -3.02. The number of rotatable bonds is 3. The van der Waals surface area contributed by atoms with Crippen molar-refractivity contribution < 1.29 is 13.6 Å². The normalized spacial score (nSPS) is 14.0. The second kappa shape index (κ2) is 6.95. The monoisotopic (exact) mass is 367 g/mol. The Kier molecular flexibility index (Phi) is 4.48. The Labute approximate surface area is 155 Å². The molecule has 1 aromatic heterocycles. The zero-order valence-corrected chi connectivity index (χ0v) is 14.9. The lowest BCUT2D eigenvalue weighted by atomic mass is 10.1. The number of nitrogens with zero attached hydrogens (tertiary/aromatic N) is 2. The maximum absolute atomic E-state index is 14.0. The maximum atomic E-state index is 14.0. The van der Waals surface area contributed by atoms with Crippen LogP contribution in [0.1, 0.15) is 28.9 Å². The molecule has 1 N–H and O–H groups in total. The Balaban J connectivity index is 1.63. The number of carbonyl (C=O) groups is 1. The molecule has 6 heteroatoms. The lowest BCUT2D eigenvalue weighted by Gasteiger charge is -2.19. The Bertz CT molecular complexity index is 1030. The van der Waals surface area contributed by atoms with Crippen LogP contribution in [0.15, 0.2) is 42.5 Å². The molecule has 4 rings (SSSR count). The Morgan fingerprint density at radius 2 is 1.81 bits per heavy atom. The van der Waals surface area contributed by atoms with Gasteiger partial charge in [-0.25, -0.2) is 8.78 Å². The molecule has 0 spiro atoms. The lowest BCUT2D eigenvalue weighted by molar-refractivity contribution is 0.102. The van der Waals surface area contributed by atoms with E-state index >= 15 is 0 Å². The average Bonchev–Trinajstić information content (AvgIpc) is 3.15. The van der Waals surface area contributed by atoms with Crippen molar-refractivity contribution in [3.8, 4) is 0 Å². The maximum Gasteiger partial charge on any atom is 0.257 e. The second-order valence-electron chi connectivity index (χ2n) is 6.80. The van der Waals surface area contributed by atoms with E-state index in [0.29, 0.717) is 27.8 Å². The predicted octanol–water partition coefficient (Wildman–Crippen LogP) is 4.67. The van der Waals surface area contributed by atoms with E-state index in [1.807, 2.05) is 0 Å². The number of carbonyl (C=O) groups excluding carboxylic acids is 1. The van der Waals surface area contributed by atoms with Crippen LogP contribution < -0.4 is 10.2 Å². The minimum Gasteiger partial charge on any atom is -0.371 e. The number of halogens is 2. The molecule has 4 nitrogen and oxygen atoms in total. The van der Waals surface area contributed by atoms with Gasteiger partial charge in [0.2, 0.25) is 0 Å². The van der Waals surface area contributed by atoms with E-state index < -0.39 is 5.82 Å². The molecule has 0 unspecified atom stereocenters. The van der Waals surface area contributed by atoms with Gasteiger partial charge in [0, 0.05) is 35.9 Å². The molecular weight excluding hydrogens is 348 g/mol. The first-order valence-electron chi connectivity index (χ1n) is 8.93. The van der Waals surface area contributed by atoms with Crippen LogP contribution in [0.25, 0.3) is 10.9 Å². The highest BCUT2D eigenvalue weighted by atomic mass is 19.1. The fourth-order valence-corrected chi connectivity index (χ4v) is 3.47. The third-order valence-corrected chi connectivity index (χ3v) is 4.83. The fraction of sp³-hybridized carbons (Fsp3) is 0.238. The average molecular weight is 367 g/mol. The fourth-order valence-electron chi connectivity index (χ4n) is 3.47. The topological polar surface area (TPSA) is 45.2 Å². The molecule has 0 atom stereocenters. The van der Waals surface area contributed by atoms with E-state index in [0.717, 1.165) is 31.6 Å². The third kappa shape index (κ3) is 3.60. The summed E-state index contributed by atoms with van der Waals surface area (Å²) >= 11 is 0. The van der Waals surface area contributed by atoms with Crippen LogP contribution in [-0.2, 0) is 0 Å². The first-order valence-corrected chi connectivity index (χ1v) is 8.93. The van der Waals surface area contributed by atoms with Crippen LogP contribution >= 0.6 is 0 Å². The van der Waals surface area contributed by atoms with Crippen molar-refractivity contribution in [1.82, 2.24) is 4.98 Å². The smallest absolute Gasteiger partial charge is 0.257 e. The van der Waals surface area contributed by atoms with E-state index in [1.165, 1.54) is 24.3 Å². The van der Waals surface area contributed by atoms with Crippen LogP contribution in [0.4, 0.5) is 20.2 Å². The van der Waals surface area contributed by atoms with Crippen LogP contribution in [-0.4, -0.2) is 24.0 Å². The quantitative estimate of drug-likeness (QED) is 0.731. The predicted molar refractivity (Wildman–Crippen MR) is 102 cm³/mol. The number of nitrogens with one attached hydrogen (secondary N) is 1. The van der Waals surface area contributed by atoms with E-state index in [9.17, 15) is 13.6 Å². The highest BCUT2D eigenvalue weighted by molar-refractivity contribution is 6.07. The number of anilines is 2. The van der Waals surface area contributed by atoms with E-state index in [1.54, 1.807) is 25.1 Å². The molecule has 3 aromatic rings. The molecule has 0 bridgehead atoms. The lowest BCUT2D eigenvalue weighted by Crippen LogP contribution is -2.19. The summed E-state index contributed by atoms with van der Waals surface area (Å²) in [5.41, 5.74) is 2.53. The van der Waals surface area contributed by atoms with E-state index in [-0.39, 0.29) is 11.7 Å². The summed E-state index contributed by atoms with van der Waals surface area (Å²) in [5, 5.41) is 3.43. The number of hydrogen-bond acceptors (Lipinski definition) is 3. The number of benzene rings is 2. The highest BCUT2D eigenvalue weighted by Crippen LogP contribution is 2.26. The number of fused-ring (bicyclic) bond motifs is 1. The summed E-state index contributed by atoms with van der Waals surface area (Å²) in [6.07, 6.45) is 2.17. The largest absolute Gasteiger partial charge is 0.371 e. The summed E-state index contributed by atoms with van der Waals surface area (Å²) in [6, 6.07) is 10.5. The van der Waals surface area contributed by atoms with Gasteiger partial charge >= 0.3 is 0 Å². The van der Waals surface area contributed by atoms with E-state index in [4.69, 9.17) is 0 Å². The van der Waals surface area contributed by atoms with Crippen molar-refractivity contribution in [2.75, 3.05) is 23.3 Å².